The van der Waals surface area contributed by atoms with Crippen LogP contribution >= 0.6 is 23.4 Å². The molecule has 0 bridgehead atoms. The van der Waals surface area contributed by atoms with Crippen LogP contribution in [0.1, 0.15) is 19.4 Å². The third-order valence-electron chi connectivity index (χ3n) is 7.94. The normalized spacial score (nSPS) is 20.4. The number of nitrogens with zero attached hydrogens (tertiary/aromatic N) is 4. The number of carbonyl (C=O) groups is 1. The van der Waals surface area contributed by atoms with Crippen molar-refractivity contribution in [1.29, 1.82) is 0 Å². The number of likely N-dealkylation sites (N-methyl/N-ethyl adjacent to an activating group) is 1. The third-order valence-corrected chi connectivity index (χ3v) is 9.45. The maximum atomic E-state index is 15.3. The Morgan fingerprint density at radius 2 is 1.87 bits per heavy atom. The van der Waals surface area contributed by atoms with Crippen LogP contribution in [0.3, 0.4) is 0 Å². The number of ether oxygens (including phenoxy) is 1. The minimum Gasteiger partial charge on any atom is -0.374 e. The van der Waals surface area contributed by atoms with Crippen molar-refractivity contribution in [1.82, 2.24) is 19.8 Å². The fourth-order valence-corrected chi connectivity index (χ4v) is 7.48. The lowest BCUT2D eigenvalue weighted by molar-refractivity contribution is -0.137. The molecule has 0 radical (unpaired) electrons. The summed E-state index contributed by atoms with van der Waals surface area (Å²) in [5, 5.41) is 2.42. The summed E-state index contributed by atoms with van der Waals surface area (Å²) in [6.45, 7) is 8.24. The maximum Gasteiger partial charge on any atom is 0.417 e. The van der Waals surface area contributed by atoms with E-state index in [-0.39, 0.29) is 71.6 Å². The number of halogens is 6. The molecule has 1 amide bonds. The van der Waals surface area contributed by atoms with Crippen molar-refractivity contribution in [3.8, 4) is 11.1 Å². The Morgan fingerprint density at radius 1 is 1.18 bits per heavy atom. The third kappa shape index (κ3) is 6.29. The number of benzene rings is 2. The minimum absolute atomic E-state index is 0.0155. The van der Waals surface area contributed by atoms with Crippen molar-refractivity contribution in [3.05, 3.63) is 63.6 Å². The van der Waals surface area contributed by atoms with Crippen molar-refractivity contribution in [3.63, 3.8) is 0 Å². The Labute approximate surface area is 265 Å². The molecule has 1 fully saturated rings. The average molecular weight is 672 g/mol. The van der Waals surface area contributed by atoms with Crippen LogP contribution in [0, 0.1) is 11.6 Å². The Kier molecular flexibility index (Phi) is 9.50. The van der Waals surface area contributed by atoms with Crippen molar-refractivity contribution < 1.29 is 31.5 Å². The van der Waals surface area contributed by atoms with E-state index in [4.69, 9.17) is 16.3 Å². The van der Waals surface area contributed by atoms with Gasteiger partial charge in [-0.25, -0.2) is 13.6 Å². The van der Waals surface area contributed by atoms with Gasteiger partial charge >= 0.3 is 11.9 Å². The van der Waals surface area contributed by atoms with E-state index in [0.29, 0.717) is 12.6 Å². The number of nitrogens with one attached hydrogen (secondary N) is 1. The number of piperazine rings is 1. The second-order valence-corrected chi connectivity index (χ2v) is 12.5. The molecule has 2 aliphatic heterocycles. The van der Waals surface area contributed by atoms with Crippen LogP contribution in [-0.4, -0.2) is 77.6 Å². The lowest BCUT2D eigenvalue weighted by Crippen LogP contribution is -2.58. The Morgan fingerprint density at radius 3 is 2.49 bits per heavy atom. The summed E-state index contributed by atoms with van der Waals surface area (Å²) < 4.78 is 81.5. The maximum absolute atomic E-state index is 15.3. The lowest BCUT2D eigenvalue weighted by Gasteiger charge is -2.44. The largest absolute Gasteiger partial charge is 0.417 e. The molecule has 0 unspecified atom stereocenters. The van der Waals surface area contributed by atoms with E-state index < -0.39 is 51.3 Å². The SMILES string of the molecule is C=CC(=O)N1[C@H](C)CN(c2nc(=O)n3c4c(c(-c5cc(Cl)c(F)cc5F)c(C(F)(F)F)cc24)SC[C@@H](OCCNC)C3)C[C@@H]1C. The molecule has 5 rings (SSSR count). The highest BCUT2D eigenvalue weighted by molar-refractivity contribution is 7.99. The molecule has 242 valence electrons. The van der Waals surface area contributed by atoms with Gasteiger partial charge in [0.15, 0.2) is 0 Å². The van der Waals surface area contributed by atoms with Gasteiger partial charge in [0.2, 0.25) is 5.91 Å². The van der Waals surface area contributed by atoms with Crippen LogP contribution in [-0.2, 0) is 22.3 Å². The highest BCUT2D eigenvalue weighted by Gasteiger charge is 2.40. The molecule has 15 heteroatoms. The molecular formula is C30H31ClF5N5O3S. The van der Waals surface area contributed by atoms with Crippen LogP contribution < -0.4 is 15.9 Å². The molecular weight excluding hydrogens is 641 g/mol. The van der Waals surface area contributed by atoms with Crippen LogP contribution in [0.4, 0.5) is 27.8 Å². The smallest absolute Gasteiger partial charge is 0.374 e. The van der Waals surface area contributed by atoms with E-state index in [1.807, 2.05) is 0 Å². The van der Waals surface area contributed by atoms with Gasteiger partial charge in [0.05, 0.1) is 35.4 Å². The highest BCUT2D eigenvalue weighted by atomic mass is 35.5. The van der Waals surface area contributed by atoms with Gasteiger partial charge in [-0.2, -0.15) is 18.2 Å². The van der Waals surface area contributed by atoms with Crippen LogP contribution in [0.15, 0.2) is 40.5 Å². The summed E-state index contributed by atoms with van der Waals surface area (Å²) >= 11 is 6.94. The van der Waals surface area contributed by atoms with E-state index >= 15 is 4.39 Å². The van der Waals surface area contributed by atoms with Gasteiger partial charge < -0.3 is 19.9 Å². The number of hydrogen-bond acceptors (Lipinski definition) is 7. The monoisotopic (exact) mass is 671 g/mol. The van der Waals surface area contributed by atoms with Crippen LogP contribution in [0.2, 0.25) is 5.02 Å². The zero-order valence-electron chi connectivity index (χ0n) is 24.7. The first-order valence-corrected chi connectivity index (χ1v) is 15.5. The number of hydrogen-bond donors (Lipinski definition) is 1. The van der Waals surface area contributed by atoms with E-state index in [1.54, 1.807) is 30.7 Å². The Bertz CT molecular complexity index is 1710. The number of rotatable bonds is 7. The second-order valence-electron chi connectivity index (χ2n) is 11.1. The van der Waals surface area contributed by atoms with E-state index in [9.17, 15) is 27.2 Å². The first kappa shape index (κ1) is 33.2. The fourth-order valence-electron chi connectivity index (χ4n) is 6.05. The van der Waals surface area contributed by atoms with Gasteiger partial charge in [0.1, 0.15) is 17.5 Å². The molecule has 3 aromatic rings. The molecule has 2 aliphatic rings. The molecule has 0 spiro atoms. The number of amides is 1. The van der Waals surface area contributed by atoms with Crippen molar-refractivity contribution >= 4 is 46.0 Å². The standard InChI is InChI=1S/C30H31ClF5N5O3S/c1-5-24(42)41-15(2)11-39(12-16(41)3)28-19-8-20(30(34,35)36)25(18-9-21(31)23(33)10-22(18)32)27-26(19)40(29(43)38-28)13-17(14-45-27)44-7-6-37-4/h5,8-10,15-17,37H,1,6-7,11-14H2,2-4H3/t15-,16+,17-/m0/s1. The zero-order valence-corrected chi connectivity index (χ0v) is 26.3. The van der Waals surface area contributed by atoms with Gasteiger partial charge in [-0.05, 0) is 39.1 Å². The summed E-state index contributed by atoms with van der Waals surface area (Å²) in [6, 6.07) is 1.37. The minimum atomic E-state index is -4.99. The summed E-state index contributed by atoms with van der Waals surface area (Å²) in [5.41, 5.74) is -2.89. The van der Waals surface area contributed by atoms with Gasteiger partial charge in [0, 0.05) is 64.9 Å². The molecule has 0 saturated carbocycles. The number of anilines is 1. The van der Waals surface area contributed by atoms with Gasteiger partial charge in [-0.1, -0.05) is 18.2 Å². The Balaban J connectivity index is 1.81. The van der Waals surface area contributed by atoms with Gasteiger partial charge in [0.25, 0.3) is 0 Å². The first-order valence-electron chi connectivity index (χ1n) is 14.2. The predicted octanol–water partition coefficient (Wildman–Crippen LogP) is 5.34. The fraction of sp³-hybridized carbons (Fsp3) is 0.433. The molecule has 1 N–H and O–H groups in total. The first-order chi connectivity index (χ1) is 21.3. The lowest BCUT2D eigenvalue weighted by atomic mass is 9.95. The summed E-state index contributed by atoms with van der Waals surface area (Å²) in [7, 11) is 1.74. The molecule has 2 aromatic carbocycles. The highest BCUT2D eigenvalue weighted by Crippen LogP contribution is 2.49. The topological polar surface area (TPSA) is 79.7 Å². The molecule has 3 heterocycles. The molecule has 1 saturated heterocycles. The van der Waals surface area contributed by atoms with E-state index in [1.165, 1.54) is 10.6 Å². The number of alkyl halides is 3. The number of thioether (sulfide) groups is 1. The summed E-state index contributed by atoms with van der Waals surface area (Å²) in [5.74, 6) is -2.50. The van der Waals surface area contributed by atoms with Crippen LogP contribution in [0.5, 0.6) is 0 Å². The number of aromatic nitrogens is 2. The zero-order chi connectivity index (χ0) is 32.8. The van der Waals surface area contributed by atoms with E-state index in [2.05, 4.69) is 16.9 Å². The van der Waals surface area contributed by atoms with Crippen molar-refractivity contribution in [2.75, 3.05) is 43.9 Å². The summed E-state index contributed by atoms with van der Waals surface area (Å²) in [4.78, 5) is 33.8. The number of carbonyl (C=O) groups excluding carboxylic acids is 1. The van der Waals surface area contributed by atoms with Gasteiger partial charge in [-0.3, -0.25) is 9.36 Å². The van der Waals surface area contributed by atoms with Gasteiger partial charge in [-0.15, -0.1) is 11.8 Å². The average Bonchev–Trinajstić information content (AvgIpc) is 3.16. The van der Waals surface area contributed by atoms with Crippen molar-refractivity contribution in [2.45, 2.75) is 49.7 Å². The summed E-state index contributed by atoms with van der Waals surface area (Å²) in [6.07, 6.45) is -4.39. The molecule has 0 aliphatic carbocycles. The molecule has 1 aromatic heterocycles. The quantitative estimate of drug-likeness (QED) is 0.157. The predicted molar refractivity (Wildman–Crippen MR) is 164 cm³/mol. The Hall–Kier alpha value is -3.20. The van der Waals surface area contributed by atoms with Crippen LogP contribution in [0.25, 0.3) is 22.0 Å². The second kappa shape index (κ2) is 12.9. The van der Waals surface area contributed by atoms with E-state index in [0.717, 1.165) is 23.9 Å². The molecule has 3 atom stereocenters. The molecule has 8 nitrogen and oxygen atoms in total. The van der Waals surface area contributed by atoms with Crippen molar-refractivity contribution in [2.24, 2.45) is 0 Å². The molecule has 45 heavy (non-hydrogen) atoms.